The molecule has 2 heterocycles. The van der Waals surface area contributed by atoms with Crippen LogP contribution in [0.1, 0.15) is 27.7 Å². The number of hydrogen-bond donors (Lipinski definition) is 0. The highest BCUT2D eigenvalue weighted by atomic mass is 35.5. The smallest absolute Gasteiger partial charge is 0.303 e. The summed E-state index contributed by atoms with van der Waals surface area (Å²) in [6.45, 7) is 4.13. The van der Waals surface area contributed by atoms with Gasteiger partial charge in [0.2, 0.25) is 12.4 Å². The van der Waals surface area contributed by atoms with Crippen LogP contribution < -0.4 is 10.2 Å². The van der Waals surface area contributed by atoms with Crippen LogP contribution in [-0.2, 0) is 42.9 Å². The van der Waals surface area contributed by atoms with Gasteiger partial charge in [-0.1, -0.05) is 23.7 Å². The lowest BCUT2D eigenvalue weighted by atomic mass is 9.98. The molecular formula is C29H27ClO12. The molecule has 0 bridgehead atoms. The second-order valence-electron chi connectivity index (χ2n) is 9.33. The van der Waals surface area contributed by atoms with Gasteiger partial charge in [-0.05, 0) is 29.8 Å². The van der Waals surface area contributed by atoms with E-state index in [-0.39, 0.29) is 22.1 Å². The van der Waals surface area contributed by atoms with Crippen molar-refractivity contribution in [2.75, 3.05) is 6.61 Å². The Balaban J connectivity index is 1.70. The lowest BCUT2D eigenvalue weighted by molar-refractivity contribution is -0.288. The average molecular weight is 603 g/mol. The molecule has 5 atom stereocenters. The Hall–Kier alpha value is -4.42. The Bertz CT molecular complexity index is 1550. The van der Waals surface area contributed by atoms with Crippen molar-refractivity contribution in [2.45, 2.75) is 58.4 Å². The quantitative estimate of drug-likeness (QED) is 0.273. The van der Waals surface area contributed by atoms with Crippen LogP contribution in [0.25, 0.3) is 22.1 Å². The zero-order valence-corrected chi connectivity index (χ0v) is 23.7. The number of fused-ring (bicyclic) bond motifs is 1. The molecule has 0 aliphatic carbocycles. The van der Waals surface area contributed by atoms with Crippen molar-refractivity contribution in [3.8, 4) is 16.9 Å². The maximum Gasteiger partial charge on any atom is 0.303 e. The highest BCUT2D eigenvalue weighted by Crippen LogP contribution is 2.32. The summed E-state index contributed by atoms with van der Waals surface area (Å²) in [5.41, 5.74) is 0.832. The summed E-state index contributed by atoms with van der Waals surface area (Å²) in [6.07, 6.45) is -5.45. The maximum absolute atomic E-state index is 13.2. The predicted molar refractivity (Wildman–Crippen MR) is 146 cm³/mol. The third-order valence-electron chi connectivity index (χ3n) is 6.10. The van der Waals surface area contributed by atoms with Crippen LogP contribution in [0.5, 0.6) is 5.75 Å². The van der Waals surface area contributed by atoms with Gasteiger partial charge in [0.25, 0.3) is 0 Å². The molecule has 3 aromatic rings. The molecule has 1 saturated heterocycles. The SMILES string of the molecule is CC(=O)OC[C@@H]1O[C@H](Oc2ccc3c(=O)c(-c4ccc(Cl)cc4)coc3c2)[C@H](OC(C)=O)[C@@H](OC(C)=O)[C@H]1OC(C)=O. The van der Waals surface area contributed by atoms with Gasteiger partial charge in [-0.2, -0.15) is 0 Å². The molecule has 0 amide bonds. The van der Waals surface area contributed by atoms with Crippen LogP contribution >= 0.6 is 11.6 Å². The second kappa shape index (κ2) is 13.0. The predicted octanol–water partition coefficient (Wildman–Crippen LogP) is 3.58. The molecule has 0 N–H and O–H groups in total. The Labute approximate surface area is 244 Å². The van der Waals surface area contributed by atoms with Crippen molar-refractivity contribution in [3.63, 3.8) is 0 Å². The first-order valence-electron chi connectivity index (χ1n) is 12.7. The van der Waals surface area contributed by atoms with Crippen LogP contribution in [0.15, 0.2) is 57.9 Å². The fourth-order valence-electron chi connectivity index (χ4n) is 4.43. The number of carbonyl (C=O) groups excluding carboxylic acids is 4. The number of halogens is 1. The van der Waals surface area contributed by atoms with Gasteiger partial charge < -0.3 is 32.8 Å². The van der Waals surface area contributed by atoms with Crippen molar-refractivity contribution in [2.24, 2.45) is 0 Å². The summed E-state index contributed by atoms with van der Waals surface area (Å²) in [7, 11) is 0. The summed E-state index contributed by atoms with van der Waals surface area (Å²) in [5, 5.41) is 0.782. The standard InChI is InChI=1S/C29H27ClO12/c1-14(31)36-13-24-26(38-15(2)32)27(39-16(3)33)28(40-17(4)34)29(42-24)41-20-9-10-21-23(11-20)37-12-22(25(21)35)18-5-7-19(30)8-6-18/h5-12,24,26-29H,13H2,1-4H3/t24-,26-,27-,28+,29-/m0/s1. The van der Waals surface area contributed by atoms with Crippen molar-refractivity contribution < 1.29 is 52.0 Å². The van der Waals surface area contributed by atoms with E-state index in [1.165, 1.54) is 31.4 Å². The Morgan fingerprint density at radius 1 is 0.810 bits per heavy atom. The van der Waals surface area contributed by atoms with Crippen LogP contribution in [0.4, 0.5) is 0 Å². The van der Waals surface area contributed by atoms with E-state index in [1.807, 2.05) is 0 Å². The Morgan fingerprint density at radius 2 is 1.43 bits per heavy atom. The van der Waals surface area contributed by atoms with Gasteiger partial charge in [0.15, 0.2) is 17.6 Å². The van der Waals surface area contributed by atoms with Crippen molar-refractivity contribution >= 4 is 46.4 Å². The lowest BCUT2D eigenvalue weighted by Crippen LogP contribution is -2.63. The third-order valence-corrected chi connectivity index (χ3v) is 6.35. The molecule has 0 unspecified atom stereocenters. The van der Waals surface area contributed by atoms with E-state index in [9.17, 15) is 24.0 Å². The van der Waals surface area contributed by atoms with E-state index >= 15 is 0 Å². The van der Waals surface area contributed by atoms with Crippen molar-refractivity contribution in [1.29, 1.82) is 0 Å². The molecule has 1 aliphatic rings. The number of carbonyl (C=O) groups is 4. The zero-order chi connectivity index (χ0) is 30.6. The molecular weight excluding hydrogens is 576 g/mol. The Morgan fingerprint density at radius 3 is 2.05 bits per heavy atom. The van der Waals surface area contributed by atoms with Gasteiger partial charge in [-0.3, -0.25) is 24.0 Å². The molecule has 4 rings (SSSR count). The molecule has 0 radical (unpaired) electrons. The number of ether oxygens (including phenoxy) is 6. The summed E-state index contributed by atoms with van der Waals surface area (Å²) in [5.74, 6) is -2.81. The highest BCUT2D eigenvalue weighted by Gasteiger charge is 2.53. The molecule has 12 nitrogen and oxygen atoms in total. The van der Waals surface area contributed by atoms with E-state index < -0.39 is 61.2 Å². The monoisotopic (exact) mass is 602 g/mol. The molecule has 42 heavy (non-hydrogen) atoms. The third kappa shape index (κ3) is 7.25. The van der Waals surface area contributed by atoms with Gasteiger partial charge in [0.1, 0.15) is 30.3 Å². The van der Waals surface area contributed by atoms with Crippen LogP contribution in [0, 0.1) is 0 Å². The minimum atomic E-state index is -1.44. The lowest BCUT2D eigenvalue weighted by Gasteiger charge is -2.43. The molecule has 222 valence electrons. The van der Waals surface area contributed by atoms with E-state index in [4.69, 9.17) is 44.4 Å². The number of benzene rings is 2. The number of hydrogen-bond acceptors (Lipinski definition) is 12. The maximum atomic E-state index is 13.2. The van der Waals surface area contributed by atoms with E-state index in [1.54, 1.807) is 24.3 Å². The fraction of sp³-hybridized carbons (Fsp3) is 0.345. The van der Waals surface area contributed by atoms with Gasteiger partial charge in [0, 0.05) is 38.8 Å². The first kappa shape index (κ1) is 30.5. The molecule has 0 spiro atoms. The summed E-state index contributed by atoms with van der Waals surface area (Å²) < 4.78 is 38.9. The van der Waals surface area contributed by atoms with Gasteiger partial charge in [-0.15, -0.1) is 0 Å². The summed E-state index contributed by atoms with van der Waals surface area (Å²) in [6, 6.07) is 11.1. The molecule has 0 saturated carbocycles. The van der Waals surface area contributed by atoms with Gasteiger partial charge in [0.05, 0.1) is 10.9 Å². The van der Waals surface area contributed by atoms with E-state index in [2.05, 4.69) is 0 Å². The number of esters is 4. The molecule has 1 fully saturated rings. The molecule has 1 aromatic heterocycles. The molecule has 1 aliphatic heterocycles. The minimum absolute atomic E-state index is 0.130. The Kier molecular flexibility index (Phi) is 9.48. The van der Waals surface area contributed by atoms with Crippen molar-refractivity contribution in [3.05, 3.63) is 64.0 Å². The minimum Gasteiger partial charge on any atom is -0.463 e. The first-order chi connectivity index (χ1) is 19.9. The summed E-state index contributed by atoms with van der Waals surface area (Å²) >= 11 is 5.95. The zero-order valence-electron chi connectivity index (χ0n) is 23.0. The highest BCUT2D eigenvalue weighted by molar-refractivity contribution is 6.30. The van der Waals surface area contributed by atoms with Crippen LogP contribution in [0.2, 0.25) is 5.02 Å². The largest absolute Gasteiger partial charge is 0.463 e. The van der Waals surface area contributed by atoms with Crippen LogP contribution in [-0.4, -0.2) is 61.2 Å². The van der Waals surface area contributed by atoms with Crippen LogP contribution in [0.3, 0.4) is 0 Å². The van der Waals surface area contributed by atoms with Gasteiger partial charge >= 0.3 is 23.9 Å². The first-order valence-corrected chi connectivity index (χ1v) is 13.1. The topological polar surface area (TPSA) is 154 Å². The van der Waals surface area contributed by atoms with E-state index in [0.717, 1.165) is 20.8 Å². The fourth-order valence-corrected chi connectivity index (χ4v) is 4.55. The van der Waals surface area contributed by atoms with Crippen molar-refractivity contribution in [1.82, 2.24) is 0 Å². The molecule has 13 heteroatoms. The van der Waals surface area contributed by atoms with E-state index in [0.29, 0.717) is 16.1 Å². The summed E-state index contributed by atoms with van der Waals surface area (Å²) in [4.78, 5) is 60.7. The normalized spacial score (nSPS) is 21.7. The van der Waals surface area contributed by atoms with Gasteiger partial charge in [-0.25, -0.2) is 0 Å². The second-order valence-corrected chi connectivity index (χ2v) is 9.77. The molecule has 2 aromatic carbocycles. The average Bonchev–Trinajstić information content (AvgIpc) is 2.91. The number of rotatable bonds is 8.